The van der Waals surface area contributed by atoms with Gasteiger partial charge in [-0.3, -0.25) is 0 Å². The summed E-state index contributed by atoms with van der Waals surface area (Å²) in [5.41, 5.74) is 0. The van der Waals surface area contributed by atoms with Crippen LogP contribution in [0.25, 0.3) is 0 Å². The summed E-state index contributed by atoms with van der Waals surface area (Å²) in [4.78, 5) is 0. The topological polar surface area (TPSA) is 35.3 Å². The normalized spacial score (nSPS) is 10.1. The first-order valence-corrected chi connectivity index (χ1v) is 4.78. The molecule has 2 aromatic heterocycles. The lowest BCUT2D eigenvalue weighted by atomic mass is 10.6. The summed E-state index contributed by atoms with van der Waals surface area (Å²) in [5.74, 6) is 0.615. The van der Waals surface area contributed by atoms with Crippen LogP contribution in [-0.4, -0.2) is 5.16 Å². The third kappa shape index (κ3) is 1.67. The van der Waals surface area contributed by atoms with Crippen molar-refractivity contribution in [3.8, 4) is 10.8 Å². The molecule has 0 fully saturated rings. The van der Waals surface area contributed by atoms with Gasteiger partial charge in [-0.15, -0.1) is 0 Å². The first-order chi connectivity index (χ1) is 5.84. The molecule has 0 N–H and O–H groups in total. The minimum atomic E-state index is 0.615. The molecule has 2 aromatic rings. The summed E-state index contributed by atoms with van der Waals surface area (Å²) < 4.78 is 11.0. The van der Waals surface area contributed by atoms with Crippen molar-refractivity contribution in [2.45, 2.75) is 0 Å². The van der Waals surface area contributed by atoms with Crippen LogP contribution >= 0.6 is 27.3 Å². The van der Waals surface area contributed by atoms with Crippen LogP contribution in [0.2, 0.25) is 0 Å². The summed E-state index contributed by atoms with van der Waals surface area (Å²) in [6, 6.07) is 3.80. The zero-order valence-corrected chi connectivity index (χ0v) is 8.26. The van der Waals surface area contributed by atoms with E-state index in [1.54, 1.807) is 0 Å². The summed E-state index contributed by atoms with van der Waals surface area (Å²) >= 11 is 4.85. The van der Waals surface area contributed by atoms with Crippen molar-refractivity contribution in [2.24, 2.45) is 0 Å². The molecule has 0 aliphatic heterocycles. The second-order valence-electron chi connectivity index (χ2n) is 2.02. The van der Waals surface area contributed by atoms with Crippen LogP contribution in [0.5, 0.6) is 10.8 Å². The molecule has 0 radical (unpaired) electrons. The van der Waals surface area contributed by atoms with Crippen LogP contribution < -0.4 is 4.74 Å². The lowest BCUT2D eigenvalue weighted by Crippen LogP contribution is -1.74. The van der Waals surface area contributed by atoms with Crippen LogP contribution in [0, 0.1) is 0 Å². The lowest BCUT2D eigenvalue weighted by molar-refractivity contribution is 0.411. The van der Waals surface area contributed by atoms with Crippen LogP contribution in [0.3, 0.4) is 0 Å². The van der Waals surface area contributed by atoms with Crippen LogP contribution in [0.15, 0.2) is 32.9 Å². The Labute approximate surface area is 81.1 Å². The first-order valence-electron chi connectivity index (χ1n) is 3.17. The average molecular weight is 246 g/mol. The quantitative estimate of drug-likeness (QED) is 0.815. The van der Waals surface area contributed by atoms with Gasteiger partial charge in [-0.2, -0.15) is 0 Å². The lowest BCUT2D eigenvalue weighted by Gasteiger charge is -1.94. The smallest absolute Gasteiger partial charge is 0.188 e. The largest absolute Gasteiger partial charge is 0.442 e. The van der Waals surface area contributed by atoms with Crippen molar-refractivity contribution in [3.05, 3.63) is 28.4 Å². The van der Waals surface area contributed by atoms with E-state index in [9.17, 15) is 0 Å². The molecule has 2 heterocycles. The molecule has 0 atom stereocenters. The molecule has 0 aliphatic rings. The number of ether oxygens (including phenoxy) is 1. The summed E-state index contributed by atoms with van der Waals surface area (Å²) in [6.45, 7) is 0. The van der Waals surface area contributed by atoms with E-state index >= 15 is 0 Å². The monoisotopic (exact) mass is 245 g/mol. The Morgan fingerprint density at radius 3 is 3.00 bits per heavy atom. The van der Waals surface area contributed by atoms with E-state index in [0.29, 0.717) is 5.75 Å². The number of hydrogen-bond acceptors (Lipinski definition) is 4. The van der Waals surface area contributed by atoms with Gasteiger partial charge >= 0.3 is 0 Å². The van der Waals surface area contributed by atoms with Crippen molar-refractivity contribution < 1.29 is 9.26 Å². The summed E-state index contributed by atoms with van der Waals surface area (Å²) in [7, 11) is 0. The van der Waals surface area contributed by atoms with Gasteiger partial charge in [0.2, 0.25) is 0 Å². The maximum atomic E-state index is 5.37. The second kappa shape index (κ2) is 3.28. The van der Waals surface area contributed by atoms with Crippen molar-refractivity contribution in [3.63, 3.8) is 0 Å². The van der Waals surface area contributed by atoms with Gasteiger partial charge < -0.3 is 9.26 Å². The molecule has 0 unspecified atom stereocenters. The summed E-state index contributed by atoms with van der Waals surface area (Å²) in [5, 5.41) is 4.33. The molecule has 0 aliphatic carbocycles. The Hall–Kier alpha value is -0.810. The van der Waals surface area contributed by atoms with E-state index in [1.807, 2.05) is 12.1 Å². The molecule has 2 rings (SSSR count). The minimum Gasteiger partial charge on any atom is -0.442 e. The number of thiophene rings is 1. The van der Waals surface area contributed by atoms with Crippen LogP contribution in [0.1, 0.15) is 0 Å². The molecule has 0 aromatic carbocycles. The third-order valence-corrected chi connectivity index (χ3v) is 2.68. The van der Waals surface area contributed by atoms with Gasteiger partial charge in [-0.05, 0) is 28.1 Å². The molecule has 3 nitrogen and oxygen atoms in total. The number of nitrogens with zero attached hydrogens (tertiary/aromatic N) is 1. The van der Waals surface area contributed by atoms with Crippen molar-refractivity contribution in [2.75, 3.05) is 0 Å². The Bertz CT molecular complexity index is 357. The highest BCUT2D eigenvalue weighted by atomic mass is 79.9. The Morgan fingerprint density at radius 2 is 2.42 bits per heavy atom. The molecule has 5 heteroatoms. The van der Waals surface area contributed by atoms with Crippen LogP contribution in [0.4, 0.5) is 0 Å². The van der Waals surface area contributed by atoms with Gasteiger partial charge in [0, 0.05) is 0 Å². The SMILES string of the molecule is Brc1ccc(Oc2cnoc2)s1. The third-order valence-electron chi connectivity index (χ3n) is 1.18. The fourth-order valence-corrected chi connectivity index (χ4v) is 1.93. The first kappa shape index (κ1) is 7.82. The fourth-order valence-electron chi connectivity index (χ4n) is 0.714. The molecule has 0 spiro atoms. The van der Waals surface area contributed by atoms with E-state index in [2.05, 4.69) is 25.6 Å². The highest BCUT2D eigenvalue weighted by Gasteiger charge is 2.01. The zero-order chi connectivity index (χ0) is 8.39. The molecule has 0 bridgehead atoms. The summed E-state index contributed by atoms with van der Waals surface area (Å²) in [6.07, 6.45) is 2.97. The standard InChI is InChI=1S/C7H4BrNO2S/c8-6-1-2-7(12-6)11-5-3-9-10-4-5/h1-4H. The van der Waals surface area contributed by atoms with Gasteiger partial charge in [-0.1, -0.05) is 16.5 Å². The predicted octanol–water partition coefficient (Wildman–Crippen LogP) is 3.29. The van der Waals surface area contributed by atoms with E-state index < -0.39 is 0 Å². The van der Waals surface area contributed by atoms with E-state index in [0.717, 1.165) is 8.85 Å². The van der Waals surface area contributed by atoms with Gasteiger partial charge in [0.15, 0.2) is 17.1 Å². The van der Waals surface area contributed by atoms with E-state index in [1.165, 1.54) is 23.8 Å². The predicted molar refractivity (Wildman–Crippen MR) is 48.6 cm³/mol. The maximum absolute atomic E-state index is 5.37. The number of hydrogen-bond donors (Lipinski definition) is 0. The maximum Gasteiger partial charge on any atom is 0.188 e. The van der Waals surface area contributed by atoms with Gasteiger partial charge in [0.05, 0.1) is 3.79 Å². The molecular weight excluding hydrogens is 242 g/mol. The number of rotatable bonds is 2. The Morgan fingerprint density at radius 1 is 1.50 bits per heavy atom. The van der Waals surface area contributed by atoms with Crippen molar-refractivity contribution in [1.82, 2.24) is 5.16 Å². The molecule has 0 amide bonds. The van der Waals surface area contributed by atoms with Gasteiger partial charge in [0.1, 0.15) is 6.20 Å². The van der Waals surface area contributed by atoms with E-state index in [4.69, 9.17) is 4.74 Å². The molecular formula is C7H4BrNO2S. The molecule has 0 saturated heterocycles. The van der Waals surface area contributed by atoms with Crippen molar-refractivity contribution in [1.29, 1.82) is 0 Å². The van der Waals surface area contributed by atoms with Gasteiger partial charge in [-0.25, -0.2) is 0 Å². The van der Waals surface area contributed by atoms with Crippen LogP contribution in [-0.2, 0) is 0 Å². The molecule has 12 heavy (non-hydrogen) atoms. The minimum absolute atomic E-state index is 0.615. The Balaban J connectivity index is 2.14. The highest BCUT2D eigenvalue weighted by Crippen LogP contribution is 2.31. The number of aromatic nitrogens is 1. The average Bonchev–Trinajstić information content (AvgIpc) is 2.63. The zero-order valence-electron chi connectivity index (χ0n) is 5.86. The molecule has 62 valence electrons. The van der Waals surface area contributed by atoms with Gasteiger partial charge in [0.25, 0.3) is 0 Å². The highest BCUT2D eigenvalue weighted by molar-refractivity contribution is 9.11. The second-order valence-corrected chi connectivity index (χ2v) is 4.45. The van der Waals surface area contributed by atoms with E-state index in [-0.39, 0.29) is 0 Å². The number of halogens is 1. The molecule has 0 saturated carbocycles. The fraction of sp³-hybridized carbons (Fsp3) is 0. The Kier molecular flexibility index (Phi) is 2.14. The van der Waals surface area contributed by atoms with Crippen molar-refractivity contribution >= 4 is 27.3 Å².